The molecule has 0 aromatic rings. The van der Waals surface area contributed by atoms with Gasteiger partial charge in [0, 0.05) is 38.2 Å². The maximum atomic E-state index is 5.84. The van der Waals surface area contributed by atoms with E-state index in [1.54, 1.807) is 0 Å². The molecule has 0 radical (unpaired) electrons. The first-order valence-electron chi connectivity index (χ1n) is 11.1. The molecule has 3 fully saturated rings. The summed E-state index contributed by atoms with van der Waals surface area (Å²) in [4.78, 5) is 10.1. The average Bonchev–Trinajstić information content (AvgIpc) is 2.68. The van der Waals surface area contributed by atoms with Gasteiger partial charge in [-0.1, -0.05) is 6.92 Å². The summed E-state index contributed by atoms with van der Waals surface area (Å²) >= 11 is 0. The number of ether oxygens (including phenoxy) is 1. The Morgan fingerprint density at radius 1 is 1.15 bits per heavy atom. The first-order chi connectivity index (χ1) is 12.7. The number of guanidine groups is 1. The van der Waals surface area contributed by atoms with Crippen LogP contribution in [0.1, 0.15) is 58.8 Å². The summed E-state index contributed by atoms with van der Waals surface area (Å²) < 4.78 is 5.84. The van der Waals surface area contributed by atoms with Crippen molar-refractivity contribution in [3.05, 3.63) is 0 Å². The van der Waals surface area contributed by atoms with Gasteiger partial charge in [0.05, 0.1) is 6.61 Å². The first-order valence-corrected chi connectivity index (χ1v) is 11.1. The van der Waals surface area contributed by atoms with Crippen molar-refractivity contribution in [1.82, 2.24) is 15.1 Å². The Morgan fingerprint density at radius 3 is 2.59 bits per heavy atom. The van der Waals surface area contributed by atoms with E-state index >= 15 is 0 Å². The topological polar surface area (TPSA) is 40.1 Å². The normalized spacial score (nSPS) is 28.2. The molecule has 0 aliphatic carbocycles. The molecular formula is C21H41IN4O. The van der Waals surface area contributed by atoms with Crippen LogP contribution in [0, 0.1) is 11.3 Å². The number of nitrogens with one attached hydrogen (secondary N) is 1. The number of rotatable bonds is 5. The van der Waals surface area contributed by atoms with Crippen molar-refractivity contribution in [2.75, 3.05) is 59.0 Å². The molecule has 1 unspecified atom stereocenters. The maximum absolute atomic E-state index is 5.84. The molecule has 3 saturated heterocycles. The second kappa shape index (κ2) is 11.8. The van der Waals surface area contributed by atoms with E-state index in [2.05, 4.69) is 29.0 Å². The number of hydrogen-bond acceptors (Lipinski definition) is 3. The van der Waals surface area contributed by atoms with Gasteiger partial charge in [0.2, 0.25) is 0 Å². The highest BCUT2D eigenvalue weighted by atomic mass is 127. The number of halogens is 1. The minimum absolute atomic E-state index is 0. The van der Waals surface area contributed by atoms with Crippen LogP contribution in [0.25, 0.3) is 0 Å². The molecule has 0 aromatic heterocycles. The van der Waals surface area contributed by atoms with Crippen LogP contribution in [0.4, 0.5) is 0 Å². The molecule has 1 N–H and O–H groups in total. The third kappa shape index (κ3) is 6.74. The molecule has 0 saturated carbocycles. The fourth-order valence-electron chi connectivity index (χ4n) is 4.99. The third-order valence-corrected chi connectivity index (χ3v) is 6.65. The van der Waals surface area contributed by atoms with Crippen LogP contribution in [0.3, 0.4) is 0 Å². The summed E-state index contributed by atoms with van der Waals surface area (Å²) in [6.45, 7) is 14.3. The highest BCUT2D eigenvalue weighted by molar-refractivity contribution is 14.0. The Morgan fingerprint density at radius 2 is 1.93 bits per heavy atom. The number of piperidine rings is 2. The zero-order valence-electron chi connectivity index (χ0n) is 17.5. The van der Waals surface area contributed by atoms with E-state index in [0.717, 1.165) is 51.3 Å². The molecular weight excluding hydrogens is 451 g/mol. The van der Waals surface area contributed by atoms with Crippen LogP contribution in [0.5, 0.6) is 0 Å². The van der Waals surface area contributed by atoms with Crippen LogP contribution in [-0.2, 0) is 4.74 Å². The number of likely N-dealkylation sites (tertiary alicyclic amines) is 2. The van der Waals surface area contributed by atoms with Gasteiger partial charge in [-0.05, 0) is 77.4 Å². The van der Waals surface area contributed by atoms with E-state index in [9.17, 15) is 0 Å². The molecule has 5 nitrogen and oxygen atoms in total. The average molecular weight is 492 g/mol. The minimum atomic E-state index is 0. The van der Waals surface area contributed by atoms with Crippen LogP contribution in [-0.4, -0.2) is 74.8 Å². The van der Waals surface area contributed by atoms with Crippen molar-refractivity contribution in [2.45, 2.75) is 58.8 Å². The van der Waals surface area contributed by atoms with Gasteiger partial charge in [0.25, 0.3) is 0 Å². The Kier molecular flexibility index (Phi) is 10.1. The molecule has 3 rings (SSSR count). The molecule has 0 bridgehead atoms. The van der Waals surface area contributed by atoms with E-state index in [1.807, 2.05) is 0 Å². The van der Waals surface area contributed by atoms with Crippen LogP contribution >= 0.6 is 24.0 Å². The smallest absolute Gasteiger partial charge is 0.193 e. The van der Waals surface area contributed by atoms with E-state index in [4.69, 9.17) is 9.73 Å². The lowest BCUT2D eigenvalue weighted by atomic mass is 9.76. The van der Waals surface area contributed by atoms with Crippen molar-refractivity contribution in [3.8, 4) is 0 Å². The quantitative estimate of drug-likeness (QED) is 0.362. The number of aliphatic imine (C=N–C) groups is 1. The second-order valence-corrected chi connectivity index (χ2v) is 8.58. The lowest BCUT2D eigenvalue weighted by Gasteiger charge is -2.45. The molecule has 3 heterocycles. The molecule has 0 aromatic carbocycles. The monoisotopic (exact) mass is 492 g/mol. The van der Waals surface area contributed by atoms with Crippen molar-refractivity contribution in [1.29, 1.82) is 0 Å². The zero-order chi connectivity index (χ0) is 18.2. The van der Waals surface area contributed by atoms with E-state index in [1.165, 1.54) is 64.6 Å². The molecule has 6 heteroatoms. The van der Waals surface area contributed by atoms with Gasteiger partial charge in [-0.25, -0.2) is 0 Å². The van der Waals surface area contributed by atoms with Crippen molar-refractivity contribution >= 4 is 29.9 Å². The Labute approximate surface area is 183 Å². The van der Waals surface area contributed by atoms with Crippen molar-refractivity contribution < 1.29 is 4.74 Å². The number of hydrogen-bond donors (Lipinski definition) is 1. The Bertz CT molecular complexity index is 440. The summed E-state index contributed by atoms with van der Waals surface area (Å²) in [5.74, 6) is 2.01. The summed E-state index contributed by atoms with van der Waals surface area (Å²) in [7, 11) is 0. The molecule has 3 aliphatic rings. The van der Waals surface area contributed by atoms with Gasteiger partial charge in [-0.2, -0.15) is 0 Å². The summed E-state index contributed by atoms with van der Waals surface area (Å²) in [6, 6.07) is 0. The first kappa shape index (κ1) is 23.2. The Hall–Kier alpha value is -0.0800. The van der Waals surface area contributed by atoms with E-state index in [-0.39, 0.29) is 24.0 Å². The zero-order valence-corrected chi connectivity index (χ0v) is 19.9. The van der Waals surface area contributed by atoms with Gasteiger partial charge in [0.1, 0.15) is 0 Å². The summed E-state index contributed by atoms with van der Waals surface area (Å²) in [6.07, 6.45) is 9.07. The highest BCUT2D eigenvalue weighted by Gasteiger charge is 2.38. The van der Waals surface area contributed by atoms with Crippen LogP contribution in [0.15, 0.2) is 4.99 Å². The summed E-state index contributed by atoms with van der Waals surface area (Å²) in [5.41, 5.74) is 0.375. The molecule has 1 spiro atoms. The SMILES string of the molecule is CCNC(=NCCC1CCN(CC)CC1)N1CCCC2(CCCOC2)C1.I. The minimum Gasteiger partial charge on any atom is -0.381 e. The van der Waals surface area contributed by atoms with E-state index < -0.39 is 0 Å². The van der Waals surface area contributed by atoms with Crippen LogP contribution < -0.4 is 5.32 Å². The fourth-order valence-corrected chi connectivity index (χ4v) is 4.99. The van der Waals surface area contributed by atoms with Crippen molar-refractivity contribution in [3.63, 3.8) is 0 Å². The van der Waals surface area contributed by atoms with Gasteiger partial charge in [-0.3, -0.25) is 4.99 Å². The van der Waals surface area contributed by atoms with Gasteiger partial charge >= 0.3 is 0 Å². The van der Waals surface area contributed by atoms with Crippen molar-refractivity contribution in [2.24, 2.45) is 16.3 Å². The number of nitrogens with zero attached hydrogens (tertiary/aromatic N) is 3. The Balaban J connectivity index is 0.00000261. The van der Waals surface area contributed by atoms with Gasteiger partial charge in [-0.15, -0.1) is 24.0 Å². The standard InChI is InChI=1S/C21H40N4O.HI/c1-3-22-20(23-12-7-19-8-14-24(4-2)15-9-19)25-13-5-10-21(17-25)11-6-16-26-18-21;/h19H,3-18H2,1-2H3,(H,22,23);1H. The third-order valence-electron chi connectivity index (χ3n) is 6.65. The lowest BCUT2D eigenvalue weighted by molar-refractivity contribution is -0.0370. The highest BCUT2D eigenvalue weighted by Crippen LogP contribution is 2.37. The predicted molar refractivity (Wildman–Crippen MR) is 124 cm³/mol. The second-order valence-electron chi connectivity index (χ2n) is 8.58. The lowest BCUT2D eigenvalue weighted by Crippen LogP contribution is -2.53. The molecule has 0 amide bonds. The van der Waals surface area contributed by atoms with Gasteiger partial charge < -0.3 is 19.9 Å². The van der Waals surface area contributed by atoms with Crippen LogP contribution in [0.2, 0.25) is 0 Å². The van der Waals surface area contributed by atoms with E-state index in [0.29, 0.717) is 5.41 Å². The van der Waals surface area contributed by atoms with Gasteiger partial charge in [0.15, 0.2) is 5.96 Å². The summed E-state index contributed by atoms with van der Waals surface area (Å²) in [5, 5.41) is 3.56. The molecule has 27 heavy (non-hydrogen) atoms. The maximum Gasteiger partial charge on any atom is 0.193 e. The largest absolute Gasteiger partial charge is 0.381 e. The molecule has 158 valence electrons. The predicted octanol–water partition coefficient (Wildman–Crippen LogP) is 3.58. The molecule has 3 aliphatic heterocycles. The molecule has 1 atom stereocenters. The fraction of sp³-hybridized carbons (Fsp3) is 0.952.